The minimum atomic E-state index is 0.0325. The largest absolute Gasteiger partial charge is 0.329 e. The van der Waals surface area contributed by atoms with E-state index in [2.05, 4.69) is 43.0 Å². The lowest BCUT2D eigenvalue weighted by atomic mass is 9.99. The molecule has 1 atom stereocenters. The molecule has 3 aromatic rings. The fraction of sp³-hybridized carbons (Fsp3) is 0.435. The highest BCUT2D eigenvalue weighted by atomic mass is 16.2. The Morgan fingerprint density at radius 2 is 1.86 bits per heavy atom. The predicted molar refractivity (Wildman–Crippen MR) is 115 cm³/mol. The summed E-state index contributed by atoms with van der Waals surface area (Å²) in [4.78, 5) is 23.0. The number of carbonyl (C=O) groups excluding carboxylic acids is 1. The lowest BCUT2D eigenvalue weighted by Crippen LogP contribution is -2.49. The SMILES string of the molecule is Cc1nn(C)c2nc(C(C)C)cc(C(=O)N3CCN(C)C[C@H]3c3ccccc3)c12. The van der Waals surface area contributed by atoms with E-state index >= 15 is 0 Å². The second-order valence-electron chi connectivity index (χ2n) is 8.34. The summed E-state index contributed by atoms with van der Waals surface area (Å²) in [6.07, 6.45) is 0. The Morgan fingerprint density at radius 1 is 1.14 bits per heavy atom. The van der Waals surface area contributed by atoms with Crippen LogP contribution in [0.2, 0.25) is 0 Å². The minimum absolute atomic E-state index is 0.0325. The van der Waals surface area contributed by atoms with E-state index in [1.165, 1.54) is 5.56 Å². The number of hydrogen-bond acceptors (Lipinski definition) is 4. The first-order valence-corrected chi connectivity index (χ1v) is 10.3. The van der Waals surface area contributed by atoms with Gasteiger partial charge in [-0.1, -0.05) is 44.2 Å². The first-order valence-electron chi connectivity index (χ1n) is 10.3. The third-order valence-corrected chi connectivity index (χ3v) is 5.84. The molecule has 2 aromatic heterocycles. The molecule has 3 heterocycles. The van der Waals surface area contributed by atoms with E-state index in [9.17, 15) is 4.79 Å². The molecule has 1 amide bonds. The van der Waals surface area contributed by atoms with E-state index in [0.717, 1.165) is 41.1 Å². The Hall–Kier alpha value is -2.73. The second-order valence-corrected chi connectivity index (χ2v) is 8.34. The van der Waals surface area contributed by atoms with Crippen LogP contribution >= 0.6 is 0 Å². The molecular formula is C23H29N5O. The number of aryl methyl sites for hydroxylation is 2. The maximum Gasteiger partial charge on any atom is 0.255 e. The van der Waals surface area contributed by atoms with Crippen molar-refractivity contribution in [1.29, 1.82) is 0 Å². The number of likely N-dealkylation sites (N-methyl/N-ethyl adjacent to an activating group) is 1. The van der Waals surface area contributed by atoms with Gasteiger partial charge in [-0.25, -0.2) is 4.98 Å². The van der Waals surface area contributed by atoms with Crippen molar-refractivity contribution in [2.24, 2.45) is 7.05 Å². The topological polar surface area (TPSA) is 54.3 Å². The zero-order chi connectivity index (χ0) is 20.7. The number of amides is 1. The highest BCUT2D eigenvalue weighted by molar-refractivity contribution is 6.06. The van der Waals surface area contributed by atoms with Crippen molar-refractivity contribution in [3.8, 4) is 0 Å². The van der Waals surface area contributed by atoms with Gasteiger partial charge in [0.2, 0.25) is 0 Å². The number of fused-ring (bicyclic) bond motifs is 1. The normalized spacial score (nSPS) is 18.0. The lowest BCUT2D eigenvalue weighted by molar-refractivity contribution is 0.0499. The van der Waals surface area contributed by atoms with Crippen LogP contribution in [0.1, 0.15) is 53.1 Å². The number of rotatable bonds is 3. The quantitative estimate of drug-likeness (QED) is 0.685. The first kappa shape index (κ1) is 19.6. The van der Waals surface area contributed by atoms with Gasteiger partial charge >= 0.3 is 0 Å². The number of nitrogens with zero attached hydrogens (tertiary/aromatic N) is 5. The van der Waals surface area contributed by atoms with E-state index in [0.29, 0.717) is 6.54 Å². The summed E-state index contributed by atoms with van der Waals surface area (Å²) in [5.41, 5.74) is 4.44. The summed E-state index contributed by atoms with van der Waals surface area (Å²) in [6, 6.07) is 12.3. The smallest absolute Gasteiger partial charge is 0.255 e. The third kappa shape index (κ3) is 3.53. The highest BCUT2D eigenvalue weighted by Gasteiger charge is 2.32. The number of aromatic nitrogens is 3. The van der Waals surface area contributed by atoms with Crippen molar-refractivity contribution in [1.82, 2.24) is 24.6 Å². The van der Waals surface area contributed by atoms with Crippen LogP contribution in [0.5, 0.6) is 0 Å². The van der Waals surface area contributed by atoms with Crippen LogP contribution < -0.4 is 0 Å². The fourth-order valence-corrected chi connectivity index (χ4v) is 4.21. The molecule has 1 fully saturated rings. The Bertz CT molecular complexity index is 1040. The molecular weight excluding hydrogens is 362 g/mol. The highest BCUT2D eigenvalue weighted by Crippen LogP contribution is 2.31. The molecule has 0 saturated carbocycles. The molecule has 0 N–H and O–H groups in total. The number of piperazine rings is 1. The number of hydrogen-bond donors (Lipinski definition) is 0. The molecule has 0 aliphatic carbocycles. The van der Waals surface area contributed by atoms with Crippen molar-refractivity contribution in [3.63, 3.8) is 0 Å². The minimum Gasteiger partial charge on any atom is -0.329 e. The molecule has 0 bridgehead atoms. The lowest BCUT2D eigenvalue weighted by Gasteiger charge is -2.40. The molecule has 152 valence electrons. The van der Waals surface area contributed by atoms with Crippen LogP contribution in [0.4, 0.5) is 0 Å². The zero-order valence-electron chi connectivity index (χ0n) is 17.9. The van der Waals surface area contributed by atoms with Gasteiger partial charge in [-0.15, -0.1) is 0 Å². The van der Waals surface area contributed by atoms with Crippen LogP contribution in [-0.4, -0.2) is 57.2 Å². The van der Waals surface area contributed by atoms with Gasteiger partial charge in [0.25, 0.3) is 5.91 Å². The summed E-state index contributed by atoms with van der Waals surface area (Å²) < 4.78 is 1.78. The van der Waals surface area contributed by atoms with Crippen molar-refractivity contribution in [2.45, 2.75) is 32.7 Å². The monoisotopic (exact) mass is 391 g/mol. The van der Waals surface area contributed by atoms with Gasteiger partial charge in [-0.3, -0.25) is 9.48 Å². The molecule has 1 aliphatic heterocycles. The Morgan fingerprint density at radius 3 is 2.55 bits per heavy atom. The van der Waals surface area contributed by atoms with Crippen LogP contribution in [0.25, 0.3) is 11.0 Å². The van der Waals surface area contributed by atoms with Crippen LogP contribution in [0, 0.1) is 6.92 Å². The molecule has 0 radical (unpaired) electrons. The van der Waals surface area contributed by atoms with Crippen molar-refractivity contribution < 1.29 is 4.79 Å². The fourth-order valence-electron chi connectivity index (χ4n) is 4.21. The maximum absolute atomic E-state index is 13.9. The number of pyridine rings is 1. The summed E-state index contributed by atoms with van der Waals surface area (Å²) >= 11 is 0. The zero-order valence-corrected chi connectivity index (χ0v) is 17.9. The molecule has 1 saturated heterocycles. The number of carbonyl (C=O) groups is 1. The van der Waals surface area contributed by atoms with Crippen molar-refractivity contribution in [3.05, 3.63) is 58.9 Å². The molecule has 0 unspecified atom stereocenters. The molecule has 29 heavy (non-hydrogen) atoms. The molecule has 4 rings (SSSR count). The molecule has 6 nitrogen and oxygen atoms in total. The summed E-state index contributed by atoms with van der Waals surface area (Å²) in [6.45, 7) is 8.56. The summed E-state index contributed by atoms with van der Waals surface area (Å²) in [7, 11) is 4.01. The standard InChI is InChI=1S/C23H29N5O/c1-15(2)19-13-18(21-16(3)25-27(5)22(21)24-19)23(29)28-12-11-26(4)14-20(28)17-9-7-6-8-10-17/h6-10,13,15,20H,11-12,14H2,1-5H3/t20-/m0/s1. The molecule has 0 spiro atoms. The van der Waals surface area contributed by atoms with E-state index in [1.807, 2.05) is 43.1 Å². The number of benzene rings is 1. The first-order chi connectivity index (χ1) is 13.9. The van der Waals surface area contributed by atoms with Gasteiger partial charge in [-0.05, 0) is 31.5 Å². The van der Waals surface area contributed by atoms with Gasteiger partial charge in [0, 0.05) is 32.4 Å². The molecule has 1 aromatic carbocycles. The second kappa shape index (κ2) is 7.59. The van der Waals surface area contributed by atoms with E-state index in [-0.39, 0.29) is 17.9 Å². The van der Waals surface area contributed by atoms with Gasteiger partial charge in [0.05, 0.1) is 22.7 Å². The summed E-state index contributed by atoms with van der Waals surface area (Å²) in [5.74, 6) is 0.302. The average Bonchev–Trinajstić information content (AvgIpc) is 3.01. The van der Waals surface area contributed by atoms with Crippen molar-refractivity contribution >= 4 is 16.9 Å². The Kier molecular flexibility index (Phi) is 5.13. The van der Waals surface area contributed by atoms with Gasteiger partial charge < -0.3 is 9.80 Å². The third-order valence-electron chi connectivity index (χ3n) is 5.84. The van der Waals surface area contributed by atoms with E-state index < -0.39 is 0 Å². The van der Waals surface area contributed by atoms with Gasteiger partial charge in [0.1, 0.15) is 0 Å². The van der Waals surface area contributed by atoms with Crippen molar-refractivity contribution in [2.75, 3.05) is 26.7 Å². The predicted octanol–water partition coefficient (Wildman–Crippen LogP) is 3.53. The van der Waals surface area contributed by atoms with Crippen LogP contribution in [0.3, 0.4) is 0 Å². The van der Waals surface area contributed by atoms with Crippen LogP contribution in [0.15, 0.2) is 36.4 Å². The van der Waals surface area contributed by atoms with Gasteiger partial charge in [-0.2, -0.15) is 5.10 Å². The average molecular weight is 392 g/mol. The maximum atomic E-state index is 13.9. The van der Waals surface area contributed by atoms with E-state index in [4.69, 9.17) is 4.98 Å². The Balaban J connectivity index is 1.83. The van der Waals surface area contributed by atoms with E-state index in [1.54, 1.807) is 4.68 Å². The van der Waals surface area contributed by atoms with Gasteiger partial charge in [0.15, 0.2) is 5.65 Å². The Labute approximate surface area is 172 Å². The molecule has 6 heteroatoms. The summed E-state index contributed by atoms with van der Waals surface area (Å²) in [5, 5.41) is 5.41. The molecule has 1 aliphatic rings. The van der Waals surface area contributed by atoms with Crippen LogP contribution in [-0.2, 0) is 7.05 Å².